The van der Waals surface area contributed by atoms with Gasteiger partial charge in [0.25, 0.3) is 0 Å². The Bertz CT molecular complexity index is 670. The van der Waals surface area contributed by atoms with Gasteiger partial charge in [0.05, 0.1) is 5.39 Å². The third-order valence-corrected chi connectivity index (χ3v) is 4.68. The fourth-order valence-electron chi connectivity index (χ4n) is 2.43. The minimum atomic E-state index is -0.888. The number of thiophene rings is 1. The van der Waals surface area contributed by atoms with Crippen LogP contribution in [-0.2, 0) is 17.8 Å². The molecule has 1 unspecified atom stereocenters. The first-order chi connectivity index (χ1) is 9.56. The number of carbonyl (C=O) groups is 1. The van der Waals surface area contributed by atoms with Crippen LogP contribution in [0.4, 0.5) is 5.82 Å². The number of anilines is 1. The van der Waals surface area contributed by atoms with Crippen molar-refractivity contribution in [2.45, 2.75) is 25.9 Å². The summed E-state index contributed by atoms with van der Waals surface area (Å²) >= 11 is 1.67. The number of carboxylic acid groups (broad SMARTS) is 1. The Labute approximate surface area is 120 Å². The van der Waals surface area contributed by atoms with Crippen molar-refractivity contribution in [3.63, 3.8) is 0 Å². The lowest BCUT2D eigenvalue weighted by Crippen LogP contribution is -2.27. The summed E-state index contributed by atoms with van der Waals surface area (Å²) in [5, 5.41) is 13.0. The van der Waals surface area contributed by atoms with E-state index in [4.69, 9.17) is 5.11 Å². The van der Waals surface area contributed by atoms with Gasteiger partial charge in [-0.05, 0) is 26.0 Å². The molecule has 3 rings (SSSR count). The van der Waals surface area contributed by atoms with Crippen LogP contribution in [0.5, 0.6) is 0 Å². The Morgan fingerprint density at radius 2 is 2.35 bits per heavy atom. The molecular weight excluding hydrogens is 276 g/mol. The summed E-state index contributed by atoms with van der Waals surface area (Å²) in [7, 11) is 2.10. The number of hydrogen-bond acceptors (Lipinski definition) is 6. The topological polar surface area (TPSA) is 78.4 Å². The minimum Gasteiger partial charge on any atom is -0.480 e. The van der Waals surface area contributed by atoms with Crippen molar-refractivity contribution in [1.82, 2.24) is 14.9 Å². The lowest BCUT2D eigenvalue weighted by molar-refractivity contribution is -0.137. The molecule has 0 fully saturated rings. The van der Waals surface area contributed by atoms with Crippen LogP contribution in [0.3, 0.4) is 0 Å². The van der Waals surface area contributed by atoms with Gasteiger partial charge in [-0.25, -0.2) is 9.97 Å². The molecule has 0 bridgehead atoms. The molecule has 6 nitrogen and oxygen atoms in total. The Morgan fingerprint density at radius 3 is 3.10 bits per heavy atom. The number of hydrogen-bond donors (Lipinski definition) is 2. The van der Waals surface area contributed by atoms with E-state index in [1.807, 2.05) is 0 Å². The lowest BCUT2D eigenvalue weighted by Gasteiger charge is -2.22. The molecule has 0 spiro atoms. The molecule has 0 saturated heterocycles. The van der Waals surface area contributed by atoms with E-state index in [-0.39, 0.29) is 0 Å². The first-order valence-corrected chi connectivity index (χ1v) is 7.31. The number of aromatic nitrogens is 2. The maximum Gasteiger partial charge on any atom is 0.325 e. The first-order valence-electron chi connectivity index (χ1n) is 6.49. The number of nitrogens with one attached hydrogen (secondary N) is 1. The summed E-state index contributed by atoms with van der Waals surface area (Å²) in [6.45, 7) is 3.54. The van der Waals surface area contributed by atoms with Crippen LogP contribution in [0.2, 0.25) is 0 Å². The summed E-state index contributed by atoms with van der Waals surface area (Å²) in [5.41, 5.74) is 1.27. The van der Waals surface area contributed by atoms with Gasteiger partial charge in [0.1, 0.15) is 23.0 Å². The largest absolute Gasteiger partial charge is 0.480 e. The van der Waals surface area contributed by atoms with Gasteiger partial charge >= 0.3 is 5.97 Å². The van der Waals surface area contributed by atoms with Gasteiger partial charge in [0.15, 0.2) is 0 Å². The molecule has 1 aliphatic rings. The quantitative estimate of drug-likeness (QED) is 0.894. The van der Waals surface area contributed by atoms with E-state index in [2.05, 4.69) is 27.2 Å². The van der Waals surface area contributed by atoms with Crippen molar-refractivity contribution in [3.05, 3.63) is 16.8 Å². The van der Waals surface area contributed by atoms with Crippen LogP contribution < -0.4 is 5.32 Å². The van der Waals surface area contributed by atoms with Crippen LogP contribution in [-0.4, -0.2) is 45.6 Å². The standard InChI is InChI=1S/C13H16N4O2S/c1-7(13(18)19)16-11-10-8-3-4-17(2)5-9(8)20-12(10)15-6-14-11/h6-7H,3-5H2,1-2H3,(H,18,19)(H,14,15,16). The number of fused-ring (bicyclic) bond motifs is 3. The van der Waals surface area contributed by atoms with E-state index in [0.717, 1.165) is 29.7 Å². The fraction of sp³-hybridized carbons (Fsp3) is 0.462. The van der Waals surface area contributed by atoms with Crippen molar-refractivity contribution in [3.8, 4) is 0 Å². The predicted octanol–water partition coefficient (Wildman–Crippen LogP) is 1.56. The summed E-state index contributed by atoms with van der Waals surface area (Å²) in [4.78, 5) is 24.1. The highest BCUT2D eigenvalue weighted by Gasteiger charge is 2.23. The van der Waals surface area contributed by atoms with Crippen molar-refractivity contribution in [2.75, 3.05) is 18.9 Å². The lowest BCUT2D eigenvalue weighted by atomic mass is 10.1. The summed E-state index contributed by atoms with van der Waals surface area (Å²) in [5.74, 6) is -0.257. The van der Waals surface area contributed by atoms with Crippen LogP contribution >= 0.6 is 11.3 Å². The molecular formula is C13H16N4O2S. The van der Waals surface area contributed by atoms with Crippen LogP contribution in [0.1, 0.15) is 17.4 Å². The molecule has 0 aromatic carbocycles. The van der Waals surface area contributed by atoms with Gasteiger partial charge < -0.3 is 15.3 Å². The molecule has 0 saturated carbocycles. The van der Waals surface area contributed by atoms with Gasteiger partial charge in [-0.3, -0.25) is 4.79 Å². The van der Waals surface area contributed by atoms with Gasteiger partial charge in [-0.1, -0.05) is 0 Å². The van der Waals surface area contributed by atoms with Gasteiger partial charge in [0, 0.05) is 18.0 Å². The Balaban J connectivity index is 2.07. The van der Waals surface area contributed by atoms with E-state index < -0.39 is 12.0 Å². The molecule has 2 N–H and O–H groups in total. The maximum atomic E-state index is 11.0. The number of carboxylic acids is 1. The third kappa shape index (κ3) is 2.23. The van der Waals surface area contributed by atoms with Gasteiger partial charge in [-0.15, -0.1) is 11.3 Å². The molecule has 1 aliphatic heterocycles. The normalized spacial score (nSPS) is 16.9. The van der Waals surface area contributed by atoms with E-state index in [1.165, 1.54) is 16.8 Å². The molecule has 20 heavy (non-hydrogen) atoms. The van der Waals surface area contributed by atoms with Crippen molar-refractivity contribution in [1.29, 1.82) is 0 Å². The predicted molar refractivity (Wildman–Crippen MR) is 78.2 cm³/mol. The van der Waals surface area contributed by atoms with Crippen LogP contribution in [0.15, 0.2) is 6.33 Å². The summed E-state index contributed by atoms with van der Waals surface area (Å²) in [6, 6.07) is -0.671. The number of rotatable bonds is 3. The number of aliphatic carboxylic acids is 1. The van der Waals surface area contributed by atoms with Gasteiger partial charge in [0.2, 0.25) is 0 Å². The molecule has 1 atom stereocenters. The Kier molecular flexibility index (Phi) is 3.31. The second-order valence-electron chi connectivity index (χ2n) is 5.10. The molecule has 3 heterocycles. The van der Waals surface area contributed by atoms with Crippen LogP contribution in [0.25, 0.3) is 10.2 Å². The van der Waals surface area contributed by atoms with E-state index in [1.54, 1.807) is 18.3 Å². The highest BCUT2D eigenvalue weighted by Crippen LogP contribution is 2.36. The molecule has 106 valence electrons. The Hall–Kier alpha value is -1.73. The molecule has 0 radical (unpaired) electrons. The van der Waals surface area contributed by atoms with E-state index in [9.17, 15) is 4.79 Å². The van der Waals surface area contributed by atoms with Crippen molar-refractivity contribution >= 4 is 33.3 Å². The SMILES string of the molecule is CC(Nc1ncnc2sc3c(c12)CCN(C)C3)C(=O)O. The zero-order valence-electron chi connectivity index (χ0n) is 11.4. The average molecular weight is 292 g/mol. The first kappa shape index (κ1) is 13.3. The Morgan fingerprint density at radius 1 is 1.55 bits per heavy atom. The molecule has 0 aliphatic carbocycles. The molecule has 2 aromatic rings. The molecule has 2 aromatic heterocycles. The number of likely N-dealkylation sites (N-methyl/N-ethyl adjacent to an activating group) is 1. The van der Waals surface area contributed by atoms with E-state index in [0.29, 0.717) is 5.82 Å². The third-order valence-electron chi connectivity index (χ3n) is 3.55. The monoisotopic (exact) mass is 292 g/mol. The van der Waals surface area contributed by atoms with Gasteiger partial charge in [-0.2, -0.15) is 0 Å². The smallest absolute Gasteiger partial charge is 0.325 e. The summed E-state index contributed by atoms with van der Waals surface area (Å²) < 4.78 is 0. The zero-order chi connectivity index (χ0) is 14.3. The highest BCUT2D eigenvalue weighted by atomic mass is 32.1. The molecule has 0 amide bonds. The highest BCUT2D eigenvalue weighted by molar-refractivity contribution is 7.18. The fourth-order valence-corrected chi connectivity index (χ4v) is 3.70. The summed E-state index contributed by atoms with van der Waals surface area (Å²) in [6.07, 6.45) is 2.44. The van der Waals surface area contributed by atoms with Crippen molar-refractivity contribution in [2.24, 2.45) is 0 Å². The maximum absolute atomic E-state index is 11.0. The number of nitrogens with zero attached hydrogens (tertiary/aromatic N) is 3. The second-order valence-corrected chi connectivity index (χ2v) is 6.18. The minimum absolute atomic E-state index is 0.631. The zero-order valence-corrected chi connectivity index (χ0v) is 12.2. The average Bonchev–Trinajstić information content (AvgIpc) is 2.76. The van der Waals surface area contributed by atoms with E-state index >= 15 is 0 Å². The second kappa shape index (κ2) is 4.99. The molecule has 7 heteroatoms. The van der Waals surface area contributed by atoms with Crippen molar-refractivity contribution < 1.29 is 9.90 Å². The van der Waals surface area contributed by atoms with Crippen LogP contribution in [0, 0.1) is 0 Å².